The standard InChI is InChI=1S/C19H25O5P/c1-13(2)23-25(21,24-14(3)4)19(22-15(5)20)18-11-10-16-8-6-7-9-17(16)12-18/h6-14,19H,1-5H3/t19-/m1/s1. The second-order valence-electron chi connectivity index (χ2n) is 6.42. The maximum absolute atomic E-state index is 13.5. The van der Waals surface area contributed by atoms with Gasteiger partial charge in [0.2, 0.25) is 5.85 Å². The summed E-state index contributed by atoms with van der Waals surface area (Å²) in [4.78, 5) is 11.7. The molecule has 0 radical (unpaired) electrons. The van der Waals surface area contributed by atoms with E-state index >= 15 is 0 Å². The van der Waals surface area contributed by atoms with E-state index in [2.05, 4.69) is 0 Å². The molecule has 0 fully saturated rings. The Hall–Kier alpha value is -1.68. The lowest BCUT2D eigenvalue weighted by Gasteiger charge is -2.29. The van der Waals surface area contributed by atoms with Gasteiger partial charge in [-0.15, -0.1) is 0 Å². The second kappa shape index (κ2) is 8.13. The van der Waals surface area contributed by atoms with Crippen LogP contribution in [-0.4, -0.2) is 18.2 Å². The molecular weight excluding hydrogens is 339 g/mol. The Morgan fingerprint density at radius 3 is 2.00 bits per heavy atom. The lowest BCUT2D eigenvalue weighted by atomic mass is 10.1. The Balaban J connectivity index is 2.54. The Labute approximate surface area is 148 Å². The van der Waals surface area contributed by atoms with Crippen LogP contribution in [-0.2, 0) is 23.1 Å². The fourth-order valence-corrected chi connectivity index (χ4v) is 4.81. The first kappa shape index (κ1) is 19.6. The van der Waals surface area contributed by atoms with Crippen molar-refractivity contribution in [3.63, 3.8) is 0 Å². The maximum Gasteiger partial charge on any atom is 0.376 e. The molecule has 0 saturated heterocycles. The minimum atomic E-state index is -3.74. The van der Waals surface area contributed by atoms with Gasteiger partial charge < -0.3 is 13.8 Å². The molecule has 25 heavy (non-hydrogen) atoms. The summed E-state index contributed by atoms with van der Waals surface area (Å²) in [6, 6.07) is 13.3. The number of ether oxygens (including phenoxy) is 1. The summed E-state index contributed by atoms with van der Waals surface area (Å²) < 4.78 is 30.2. The molecule has 2 aromatic rings. The van der Waals surface area contributed by atoms with E-state index in [1.54, 1.807) is 33.8 Å². The maximum atomic E-state index is 13.5. The number of fused-ring (bicyclic) bond motifs is 1. The van der Waals surface area contributed by atoms with E-state index in [1.165, 1.54) is 6.92 Å². The summed E-state index contributed by atoms with van der Waals surface area (Å²) >= 11 is 0. The SMILES string of the molecule is CC(=O)O[C@@H](c1ccc2ccccc2c1)P(=O)(OC(C)C)OC(C)C. The first-order valence-electron chi connectivity index (χ1n) is 8.33. The highest BCUT2D eigenvalue weighted by Gasteiger charge is 2.42. The van der Waals surface area contributed by atoms with Crippen LogP contribution < -0.4 is 0 Å². The average Bonchev–Trinajstić information content (AvgIpc) is 2.50. The summed E-state index contributed by atoms with van der Waals surface area (Å²) in [6.07, 6.45) is -0.689. The molecule has 0 saturated carbocycles. The Morgan fingerprint density at radius 1 is 0.920 bits per heavy atom. The van der Waals surface area contributed by atoms with Gasteiger partial charge in [0.1, 0.15) is 0 Å². The van der Waals surface area contributed by atoms with E-state index < -0.39 is 19.4 Å². The van der Waals surface area contributed by atoms with Gasteiger partial charge in [0.25, 0.3) is 0 Å². The van der Waals surface area contributed by atoms with Crippen LogP contribution in [0, 0.1) is 0 Å². The number of rotatable bonds is 7. The third kappa shape index (κ3) is 5.15. The lowest BCUT2D eigenvalue weighted by molar-refractivity contribution is -0.144. The van der Waals surface area contributed by atoms with Crippen LogP contribution in [0.3, 0.4) is 0 Å². The summed E-state index contributed by atoms with van der Waals surface area (Å²) in [5.74, 6) is -1.66. The molecule has 0 aliphatic carbocycles. The molecule has 0 aliphatic rings. The molecule has 0 heterocycles. The van der Waals surface area contributed by atoms with E-state index in [1.807, 2.05) is 36.4 Å². The number of esters is 1. The summed E-state index contributed by atoms with van der Waals surface area (Å²) in [5, 5.41) is 2.00. The largest absolute Gasteiger partial charge is 0.445 e. The summed E-state index contributed by atoms with van der Waals surface area (Å²) in [5.41, 5.74) is 0.582. The highest BCUT2D eigenvalue weighted by Crippen LogP contribution is 2.63. The highest BCUT2D eigenvalue weighted by atomic mass is 31.2. The molecule has 136 valence electrons. The van der Waals surface area contributed by atoms with Crippen molar-refractivity contribution in [2.45, 2.75) is 52.7 Å². The van der Waals surface area contributed by atoms with Gasteiger partial charge in [-0.05, 0) is 44.5 Å². The molecule has 0 amide bonds. The number of carbonyl (C=O) groups excluding carboxylic acids is 1. The quantitative estimate of drug-likeness (QED) is 0.483. The van der Waals surface area contributed by atoms with Crippen molar-refractivity contribution < 1.29 is 23.1 Å². The van der Waals surface area contributed by atoms with Gasteiger partial charge in [-0.2, -0.15) is 0 Å². The fourth-order valence-electron chi connectivity index (χ4n) is 2.56. The van der Waals surface area contributed by atoms with Gasteiger partial charge in [-0.25, -0.2) is 0 Å². The van der Waals surface area contributed by atoms with Gasteiger partial charge in [-0.3, -0.25) is 9.36 Å². The van der Waals surface area contributed by atoms with Crippen molar-refractivity contribution in [3.05, 3.63) is 48.0 Å². The van der Waals surface area contributed by atoms with Crippen LogP contribution in [0.2, 0.25) is 0 Å². The predicted octanol–water partition coefficient (Wildman–Crippen LogP) is 5.44. The van der Waals surface area contributed by atoms with Crippen LogP contribution in [0.5, 0.6) is 0 Å². The van der Waals surface area contributed by atoms with Gasteiger partial charge in [0.05, 0.1) is 12.2 Å². The minimum absolute atomic E-state index is 0.344. The molecule has 0 bridgehead atoms. The monoisotopic (exact) mass is 364 g/mol. The average molecular weight is 364 g/mol. The van der Waals surface area contributed by atoms with Gasteiger partial charge >= 0.3 is 13.6 Å². The van der Waals surface area contributed by atoms with Crippen molar-refractivity contribution in [3.8, 4) is 0 Å². The first-order valence-corrected chi connectivity index (χ1v) is 9.95. The zero-order chi connectivity index (χ0) is 18.6. The van der Waals surface area contributed by atoms with E-state index in [4.69, 9.17) is 13.8 Å². The number of hydrogen-bond acceptors (Lipinski definition) is 5. The molecule has 0 unspecified atom stereocenters. The minimum Gasteiger partial charge on any atom is -0.445 e. The number of benzene rings is 2. The molecule has 0 spiro atoms. The smallest absolute Gasteiger partial charge is 0.376 e. The molecule has 6 heteroatoms. The highest BCUT2D eigenvalue weighted by molar-refractivity contribution is 7.54. The van der Waals surface area contributed by atoms with E-state index in [0.717, 1.165) is 10.8 Å². The van der Waals surface area contributed by atoms with Crippen molar-refractivity contribution in [1.82, 2.24) is 0 Å². The van der Waals surface area contributed by atoms with Crippen LogP contribution >= 0.6 is 7.60 Å². The van der Waals surface area contributed by atoms with Crippen molar-refractivity contribution in [2.75, 3.05) is 0 Å². The molecule has 2 aromatic carbocycles. The van der Waals surface area contributed by atoms with Crippen LogP contribution in [0.15, 0.2) is 42.5 Å². The van der Waals surface area contributed by atoms with E-state index in [-0.39, 0.29) is 12.2 Å². The Morgan fingerprint density at radius 2 is 1.48 bits per heavy atom. The molecule has 0 aromatic heterocycles. The zero-order valence-electron chi connectivity index (χ0n) is 15.3. The zero-order valence-corrected chi connectivity index (χ0v) is 16.2. The fraction of sp³-hybridized carbons (Fsp3) is 0.421. The second-order valence-corrected chi connectivity index (χ2v) is 8.39. The van der Waals surface area contributed by atoms with Crippen LogP contribution in [0.4, 0.5) is 0 Å². The topological polar surface area (TPSA) is 61.8 Å². The van der Waals surface area contributed by atoms with Crippen molar-refractivity contribution in [2.24, 2.45) is 0 Å². The van der Waals surface area contributed by atoms with Crippen molar-refractivity contribution >= 4 is 24.3 Å². The van der Waals surface area contributed by atoms with Crippen LogP contribution in [0.1, 0.15) is 46.0 Å². The molecule has 2 rings (SSSR count). The lowest BCUT2D eigenvalue weighted by Crippen LogP contribution is -2.17. The predicted molar refractivity (Wildman–Crippen MR) is 98.5 cm³/mol. The Bertz CT molecular complexity index is 770. The number of carbonyl (C=O) groups is 1. The first-order chi connectivity index (χ1) is 11.7. The summed E-state index contributed by atoms with van der Waals surface area (Å²) in [6.45, 7) is 8.34. The van der Waals surface area contributed by atoms with Gasteiger partial charge in [0.15, 0.2) is 0 Å². The van der Waals surface area contributed by atoms with Crippen LogP contribution in [0.25, 0.3) is 10.8 Å². The Kier molecular flexibility index (Phi) is 6.39. The normalized spacial score (nSPS) is 13.4. The molecule has 0 aliphatic heterocycles. The van der Waals surface area contributed by atoms with E-state index in [0.29, 0.717) is 5.56 Å². The van der Waals surface area contributed by atoms with E-state index in [9.17, 15) is 9.36 Å². The van der Waals surface area contributed by atoms with Gasteiger partial charge in [0, 0.05) is 12.5 Å². The van der Waals surface area contributed by atoms with Crippen molar-refractivity contribution in [1.29, 1.82) is 0 Å². The third-order valence-electron chi connectivity index (χ3n) is 3.34. The van der Waals surface area contributed by atoms with Gasteiger partial charge in [-0.1, -0.05) is 36.4 Å². The number of hydrogen-bond donors (Lipinski definition) is 0. The molecule has 0 N–H and O–H groups in total. The molecular formula is C19H25O5P. The molecule has 5 nitrogen and oxygen atoms in total. The molecule has 1 atom stereocenters. The summed E-state index contributed by atoms with van der Waals surface area (Å²) in [7, 11) is -3.74. The third-order valence-corrected chi connectivity index (χ3v) is 5.75.